The number of benzene rings is 1. The number of amides is 1. The van der Waals surface area contributed by atoms with Crippen molar-refractivity contribution in [2.24, 2.45) is 0 Å². The van der Waals surface area contributed by atoms with Crippen LogP contribution in [0.4, 0.5) is 5.69 Å². The third kappa shape index (κ3) is 2.68. The lowest BCUT2D eigenvalue weighted by Crippen LogP contribution is -2.35. The smallest absolute Gasteiger partial charge is 0.337 e. The molecule has 0 radical (unpaired) electrons. The Morgan fingerprint density at radius 2 is 2.15 bits per heavy atom. The van der Waals surface area contributed by atoms with Crippen LogP contribution in [0, 0.1) is 0 Å². The van der Waals surface area contributed by atoms with E-state index in [0.717, 1.165) is 11.3 Å². The highest BCUT2D eigenvalue weighted by Gasteiger charge is 2.26. The molecule has 0 unspecified atom stereocenters. The number of aromatic nitrogens is 2. The minimum atomic E-state index is -0.403. The highest BCUT2D eigenvalue weighted by Crippen LogP contribution is 2.29. The van der Waals surface area contributed by atoms with Crippen LogP contribution in [-0.2, 0) is 22.5 Å². The van der Waals surface area contributed by atoms with Gasteiger partial charge in [0.15, 0.2) is 0 Å². The predicted octanol–water partition coefficient (Wildman–Crippen LogP) is 1.83. The van der Waals surface area contributed by atoms with Gasteiger partial charge in [0.2, 0.25) is 5.91 Å². The summed E-state index contributed by atoms with van der Waals surface area (Å²) in [4.78, 5) is 43.4. The summed E-state index contributed by atoms with van der Waals surface area (Å²) < 4.78 is 6.06. The summed E-state index contributed by atoms with van der Waals surface area (Å²) in [5.41, 5.74) is 1.93. The molecule has 7 nitrogen and oxygen atoms in total. The number of nitrogens with zero attached hydrogens (tertiary/aromatic N) is 3. The van der Waals surface area contributed by atoms with Gasteiger partial charge in [-0.15, -0.1) is 11.3 Å². The predicted molar refractivity (Wildman–Crippen MR) is 97.7 cm³/mol. The minimum absolute atomic E-state index is 0.0736. The highest BCUT2D eigenvalue weighted by molar-refractivity contribution is 7.16. The second-order valence-electron chi connectivity index (χ2n) is 5.95. The van der Waals surface area contributed by atoms with E-state index in [1.165, 1.54) is 29.3 Å². The van der Waals surface area contributed by atoms with Crippen LogP contribution in [0.15, 0.2) is 40.8 Å². The van der Waals surface area contributed by atoms with Crippen LogP contribution in [0.2, 0.25) is 0 Å². The number of anilines is 1. The molecular weight excluding hydrogens is 354 g/mol. The number of rotatable bonds is 3. The number of fused-ring (bicyclic) bond motifs is 2. The monoisotopic (exact) mass is 369 g/mol. The molecule has 1 aromatic carbocycles. The van der Waals surface area contributed by atoms with Crippen LogP contribution >= 0.6 is 11.3 Å². The van der Waals surface area contributed by atoms with E-state index in [1.807, 2.05) is 0 Å². The maximum absolute atomic E-state index is 12.7. The van der Waals surface area contributed by atoms with Gasteiger partial charge in [0.05, 0.1) is 24.4 Å². The van der Waals surface area contributed by atoms with Crippen molar-refractivity contribution in [1.82, 2.24) is 9.55 Å². The second-order valence-corrected chi connectivity index (χ2v) is 6.84. The molecule has 0 bridgehead atoms. The van der Waals surface area contributed by atoms with E-state index < -0.39 is 5.97 Å². The molecule has 0 saturated heterocycles. The molecule has 3 heterocycles. The molecule has 3 aromatic rings. The van der Waals surface area contributed by atoms with Gasteiger partial charge in [-0.1, -0.05) is 0 Å². The number of esters is 1. The second kappa shape index (κ2) is 6.38. The molecule has 0 aliphatic carbocycles. The lowest BCUT2D eigenvalue weighted by Gasteiger charge is -2.18. The summed E-state index contributed by atoms with van der Waals surface area (Å²) in [5.74, 6) is -0.590. The topological polar surface area (TPSA) is 81.5 Å². The molecule has 2 aromatic heterocycles. The first-order chi connectivity index (χ1) is 12.6. The van der Waals surface area contributed by atoms with E-state index in [9.17, 15) is 14.4 Å². The van der Waals surface area contributed by atoms with Crippen molar-refractivity contribution >= 4 is 39.1 Å². The average molecular weight is 369 g/mol. The summed E-state index contributed by atoms with van der Waals surface area (Å²) in [7, 11) is 1.33. The van der Waals surface area contributed by atoms with Crippen LogP contribution in [-0.4, -0.2) is 35.1 Å². The number of methoxy groups -OCH3 is 1. The van der Waals surface area contributed by atoms with Crippen LogP contribution < -0.4 is 10.5 Å². The quantitative estimate of drug-likeness (QED) is 0.658. The van der Waals surface area contributed by atoms with Crippen molar-refractivity contribution < 1.29 is 14.3 Å². The van der Waals surface area contributed by atoms with Gasteiger partial charge < -0.3 is 9.64 Å². The third-order valence-electron chi connectivity index (χ3n) is 4.45. The Morgan fingerprint density at radius 1 is 1.31 bits per heavy atom. The number of thiophene rings is 1. The summed E-state index contributed by atoms with van der Waals surface area (Å²) in [6.45, 7) is 0.442. The van der Waals surface area contributed by atoms with Gasteiger partial charge in [-0.25, -0.2) is 9.78 Å². The maximum atomic E-state index is 12.7. The molecule has 0 atom stereocenters. The summed E-state index contributed by atoms with van der Waals surface area (Å²) >= 11 is 1.39. The molecule has 132 valence electrons. The van der Waals surface area contributed by atoms with Gasteiger partial charge in [0.1, 0.15) is 11.4 Å². The van der Waals surface area contributed by atoms with Gasteiger partial charge in [0.25, 0.3) is 5.56 Å². The molecule has 26 heavy (non-hydrogen) atoms. The molecular formula is C18H15N3O4S. The van der Waals surface area contributed by atoms with E-state index in [-0.39, 0.29) is 18.0 Å². The van der Waals surface area contributed by atoms with Gasteiger partial charge in [-0.05, 0) is 41.6 Å². The molecule has 8 heteroatoms. The average Bonchev–Trinajstić information content (AvgIpc) is 3.29. The first-order valence-electron chi connectivity index (χ1n) is 8.03. The zero-order valence-corrected chi connectivity index (χ0v) is 14.8. The number of carbonyl (C=O) groups is 2. The minimum Gasteiger partial charge on any atom is -0.465 e. The fraction of sp³-hybridized carbons (Fsp3) is 0.222. The normalized spacial score (nSPS) is 13.0. The Kier molecular flexibility index (Phi) is 4.04. The van der Waals surface area contributed by atoms with Crippen LogP contribution in [0.5, 0.6) is 0 Å². The molecule has 1 aliphatic heterocycles. The van der Waals surface area contributed by atoms with E-state index in [1.54, 1.807) is 34.5 Å². The number of ether oxygens (including phenoxy) is 1. The molecule has 0 fully saturated rings. The van der Waals surface area contributed by atoms with E-state index in [0.29, 0.717) is 28.7 Å². The lowest BCUT2D eigenvalue weighted by atomic mass is 10.1. The fourth-order valence-corrected chi connectivity index (χ4v) is 3.87. The number of carbonyl (C=O) groups excluding carboxylic acids is 2. The first-order valence-corrected chi connectivity index (χ1v) is 8.90. The molecule has 1 amide bonds. The van der Waals surface area contributed by atoms with Crippen LogP contribution in [0.3, 0.4) is 0 Å². The Bertz CT molecular complexity index is 1090. The molecule has 0 saturated carbocycles. The molecule has 1 aliphatic rings. The van der Waals surface area contributed by atoms with E-state index in [4.69, 9.17) is 4.74 Å². The third-order valence-corrected chi connectivity index (χ3v) is 5.27. The molecule has 4 rings (SSSR count). The Labute approximate surface area is 152 Å². The van der Waals surface area contributed by atoms with Crippen molar-refractivity contribution in [3.8, 4) is 0 Å². The summed E-state index contributed by atoms with van der Waals surface area (Å²) in [6.07, 6.45) is 2.07. The Balaban J connectivity index is 1.59. The van der Waals surface area contributed by atoms with Crippen LogP contribution in [0.1, 0.15) is 15.9 Å². The zero-order chi connectivity index (χ0) is 18.3. The van der Waals surface area contributed by atoms with Crippen molar-refractivity contribution in [1.29, 1.82) is 0 Å². The van der Waals surface area contributed by atoms with E-state index in [2.05, 4.69) is 4.98 Å². The highest BCUT2D eigenvalue weighted by atomic mass is 32.1. The van der Waals surface area contributed by atoms with Gasteiger partial charge in [-0.2, -0.15) is 0 Å². The van der Waals surface area contributed by atoms with Gasteiger partial charge >= 0.3 is 5.97 Å². The molecule has 0 spiro atoms. The Hall–Kier alpha value is -3.00. The fourth-order valence-electron chi connectivity index (χ4n) is 3.14. The standard InChI is InChI=1S/C18H15N3O4S/c1-25-18(24)12-2-3-14-11(8-12)4-6-21(14)15(22)9-20-10-19-16-13(17(20)23)5-7-26-16/h2-3,5,7-8,10H,4,6,9H2,1H3. The van der Waals surface area contributed by atoms with Crippen molar-refractivity contribution in [3.63, 3.8) is 0 Å². The van der Waals surface area contributed by atoms with Crippen LogP contribution in [0.25, 0.3) is 10.2 Å². The van der Waals surface area contributed by atoms with Crippen molar-refractivity contribution in [3.05, 3.63) is 57.5 Å². The zero-order valence-electron chi connectivity index (χ0n) is 14.0. The summed E-state index contributed by atoms with van der Waals surface area (Å²) in [5, 5.41) is 2.33. The maximum Gasteiger partial charge on any atom is 0.337 e. The molecule has 0 N–H and O–H groups in total. The van der Waals surface area contributed by atoms with Crippen molar-refractivity contribution in [2.75, 3.05) is 18.6 Å². The summed E-state index contributed by atoms with van der Waals surface area (Å²) in [6, 6.07) is 6.85. The van der Waals surface area contributed by atoms with E-state index >= 15 is 0 Å². The van der Waals surface area contributed by atoms with Gasteiger partial charge in [0, 0.05) is 12.2 Å². The largest absolute Gasteiger partial charge is 0.465 e. The van der Waals surface area contributed by atoms with Crippen molar-refractivity contribution in [2.45, 2.75) is 13.0 Å². The first kappa shape index (κ1) is 16.5. The Morgan fingerprint density at radius 3 is 2.96 bits per heavy atom. The number of hydrogen-bond donors (Lipinski definition) is 0. The van der Waals surface area contributed by atoms with Gasteiger partial charge in [-0.3, -0.25) is 14.2 Å². The number of hydrogen-bond acceptors (Lipinski definition) is 6. The SMILES string of the molecule is COC(=O)c1ccc2c(c1)CCN2C(=O)Cn1cnc2sccc2c1=O. The lowest BCUT2D eigenvalue weighted by molar-refractivity contribution is -0.119.